The Bertz CT molecular complexity index is 855. The second kappa shape index (κ2) is 7.49. The van der Waals surface area contributed by atoms with Crippen LogP contribution in [0.4, 0.5) is 0 Å². The highest BCUT2D eigenvalue weighted by Gasteiger charge is 2.10. The van der Waals surface area contributed by atoms with Gasteiger partial charge in [-0.25, -0.2) is 4.98 Å². The van der Waals surface area contributed by atoms with Gasteiger partial charge in [-0.15, -0.1) is 23.7 Å². The molecule has 3 aromatic rings. The fraction of sp³-hybridized carbons (Fsp3) is 0.167. The molecule has 3 rings (SSSR count). The van der Waals surface area contributed by atoms with E-state index >= 15 is 0 Å². The van der Waals surface area contributed by atoms with Gasteiger partial charge in [-0.2, -0.15) is 0 Å². The zero-order valence-electron chi connectivity index (χ0n) is 12.9. The monoisotopic (exact) mass is 344 g/mol. The van der Waals surface area contributed by atoms with Crippen LogP contribution in [-0.4, -0.2) is 15.8 Å². The van der Waals surface area contributed by atoms with Crippen molar-refractivity contribution >= 4 is 46.4 Å². The van der Waals surface area contributed by atoms with E-state index in [0.717, 1.165) is 21.3 Å². The zero-order chi connectivity index (χ0) is 15.5. The highest BCUT2D eigenvalue weighted by Crippen LogP contribution is 2.20. The summed E-state index contributed by atoms with van der Waals surface area (Å²) >= 11 is 1.54. The van der Waals surface area contributed by atoms with Crippen molar-refractivity contribution in [3.63, 3.8) is 0 Å². The first-order valence-electron chi connectivity index (χ1n) is 7.15. The van der Waals surface area contributed by atoms with E-state index in [2.05, 4.69) is 23.8 Å². The molecule has 3 nitrogen and oxygen atoms in total. The molecule has 23 heavy (non-hydrogen) atoms. The number of carbonyl (C=O) groups excluding carboxylic acids is 1. The molecule has 0 aliphatic carbocycles. The van der Waals surface area contributed by atoms with Crippen LogP contribution in [0.2, 0.25) is 0 Å². The molecule has 0 unspecified atom stereocenters. The van der Waals surface area contributed by atoms with Crippen LogP contribution in [0.15, 0.2) is 48.1 Å². The van der Waals surface area contributed by atoms with Crippen LogP contribution in [-0.2, 0) is 0 Å². The molecule has 0 aliphatic rings. The maximum Gasteiger partial charge on any atom is 0.205 e. The van der Waals surface area contributed by atoms with Crippen molar-refractivity contribution in [2.24, 2.45) is 0 Å². The van der Waals surface area contributed by atoms with Crippen LogP contribution in [0, 0.1) is 0 Å². The van der Waals surface area contributed by atoms with Gasteiger partial charge in [-0.05, 0) is 29.2 Å². The maximum absolute atomic E-state index is 12.2. The highest BCUT2D eigenvalue weighted by molar-refractivity contribution is 7.09. The summed E-state index contributed by atoms with van der Waals surface area (Å²) in [6, 6.07) is 7.99. The molecular formula is C18H17ClN2OS. The number of aromatic nitrogens is 2. The molecule has 0 atom stereocenters. The van der Waals surface area contributed by atoms with Gasteiger partial charge in [0.05, 0.1) is 5.01 Å². The number of hydrogen-bond donors (Lipinski definition) is 0. The Morgan fingerprint density at radius 2 is 2.04 bits per heavy atom. The van der Waals surface area contributed by atoms with Crippen LogP contribution < -0.4 is 0 Å². The van der Waals surface area contributed by atoms with Crippen molar-refractivity contribution in [1.82, 2.24) is 9.97 Å². The molecule has 5 heteroatoms. The summed E-state index contributed by atoms with van der Waals surface area (Å²) < 4.78 is 0. The number of allylic oxidation sites excluding steroid dienone is 1. The van der Waals surface area contributed by atoms with Gasteiger partial charge in [-0.1, -0.05) is 32.1 Å². The number of halogens is 1. The van der Waals surface area contributed by atoms with Gasteiger partial charge in [0.2, 0.25) is 5.78 Å². The quantitative estimate of drug-likeness (QED) is 0.486. The molecule has 0 spiro atoms. The Labute approximate surface area is 145 Å². The highest BCUT2D eigenvalue weighted by atomic mass is 35.5. The average molecular weight is 345 g/mol. The molecule has 2 heterocycles. The molecule has 0 fully saturated rings. The number of thiazole rings is 1. The van der Waals surface area contributed by atoms with E-state index in [1.807, 2.05) is 41.9 Å². The largest absolute Gasteiger partial charge is 0.288 e. The van der Waals surface area contributed by atoms with Crippen LogP contribution in [0.1, 0.15) is 40.8 Å². The first kappa shape index (κ1) is 17.3. The minimum atomic E-state index is -0.0574. The van der Waals surface area contributed by atoms with E-state index in [1.165, 1.54) is 11.3 Å². The van der Waals surface area contributed by atoms with Crippen LogP contribution in [0.25, 0.3) is 16.8 Å². The molecular weight excluding hydrogens is 328 g/mol. The number of carbonyl (C=O) groups is 1. The van der Waals surface area contributed by atoms with Gasteiger partial charge in [0.25, 0.3) is 0 Å². The third-order valence-electron chi connectivity index (χ3n) is 3.36. The van der Waals surface area contributed by atoms with Crippen molar-refractivity contribution in [1.29, 1.82) is 0 Å². The van der Waals surface area contributed by atoms with E-state index in [0.29, 0.717) is 11.6 Å². The Morgan fingerprint density at radius 3 is 2.78 bits per heavy atom. The van der Waals surface area contributed by atoms with Gasteiger partial charge in [0, 0.05) is 29.1 Å². The lowest BCUT2D eigenvalue weighted by Gasteiger charge is -1.98. The lowest BCUT2D eigenvalue weighted by atomic mass is 10.1. The summed E-state index contributed by atoms with van der Waals surface area (Å²) in [5, 5.41) is 5.02. The molecule has 0 N–H and O–H groups in total. The fourth-order valence-electron chi connectivity index (χ4n) is 2.13. The summed E-state index contributed by atoms with van der Waals surface area (Å²) in [6.07, 6.45) is 7.01. The van der Waals surface area contributed by atoms with Gasteiger partial charge in [0.1, 0.15) is 5.69 Å². The first-order chi connectivity index (χ1) is 10.6. The van der Waals surface area contributed by atoms with E-state index in [-0.39, 0.29) is 18.2 Å². The molecule has 0 saturated heterocycles. The Morgan fingerprint density at radius 1 is 1.22 bits per heavy atom. The average Bonchev–Trinajstić information content (AvgIpc) is 3.03. The number of nitrogens with zero attached hydrogens (tertiary/aromatic N) is 2. The van der Waals surface area contributed by atoms with Crippen LogP contribution >= 0.6 is 23.7 Å². The molecule has 0 saturated carbocycles. The molecule has 0 amide bonds. The van der Waals surface area contributed by atoms with Crippen molar-refractivity contribution < 1.29 is 4.79 Å². The third-order valence-corrected chi connectivity index (χ3v) is 4.51. The summed E-state index contributed by atoms with van der Waals surface area (Å²) in [5.41, 5.74) is 1.52. The van der Waals surface area contributed by atoms with Crippen LogP contribution in [0.5, 0.6) is 0 Å². The smallest absolute Gasteiger partial charge is 0.205 e. The summed E-state index contributed by atoms with van der Waals surface area (Å²) in [4.78, 5) is 20.6. The van der Waals surface area contributed by atoms with Crippen molar-refractivity contribution in [3.05, 3.63) is 64.4 Å². The standard InChI is InChI=1S/C18H16N2OS.ClH/c1-12(2)18-20-16(11-22-18)17(21)6-4-13-3-5-15-10-19-8-7-14(15)9-13;/h3-12H,1-2H3;1H/b6-4+;. The molecule has 0 bridgehead atoms. The maximum atomic E-state index is 12.2. The lowest BCUT2D eigenvalue weighted by Crippen LogP contribution is -1.96. The van der Waals surface area contributed by atoms with E-state index in [4.69, 9.17) is 0 Å². The van der Waals surface area contributed by atoms with Crippen molar-refractivity contribution in [2.75, 3.05) is 0 Å². The van der Waals surface area contributed by atoms with Crippen molar-refractivity contribution in [3.8, 4) is 0 Å². The van der Waals surface area contributed by atoms with Gasteiger partial charge in [0.15, 0.2) is 0 Å². The number of hydrogen-bond acceptors (Lipinski definition) is 4. The topological polar surface area (TPSA) is 42.9 Å². The number of pyridine rings is 1. The van der Waals surface area contributed by atoms with E-state index in [9.17, 15) is 4.79 Å². The zero-order valence-corrected chi connectivity index (χ0v) is 14.5. The van der Waals surface area contributed by atoms with Gasteiger partial charge in [-0.3, -0.25) is 9.78 Å². The van der Waals surface area contributed by atoms with Gasteiger partial charge >= 0.3 is 0 Å². The number of ketones is 1. The van der Waals surface area contributed by atoms with Gasteiger partial charge < -0.3 is 0 Å². The van der Waals surface area contributed by atoms with E-state index in [1.54, 1.807) is 12.3 Å². The second-order valence-electron chi connectivity index (χ2n) is 5.41. The lowest BCUT2D eigenvalue weighted by molar-refractivity contribution is 0.104. The molecule has 118 valence electrons. The second-order valence-corrected chi connectivity index (χ2v) is 6.30. The third kappa shape index (κ3) is 4.03. The number of fused-ring (bicyclic) bond motifs is 1. The summed E-state index contributed by atoms with van der Waals surface area (Å²) in [5.74, 6) is 0.294. The number of benzene rings is 1. The minimum Gasteiger partial charge on any atom is -0.288 e. The molecule has 2 aromatic heterocycles. The molecule has 0 radical (unpaired) electrons. The van der Waals surface area contributed by atoms with E-state index < -0.39 is 0 Å². The Hall–Kier alpha value is -2.04. The summed E-state index contributed by atoms with van der Waals surface area (Å²) in [6.45, 7) is 4.15. The Kier molecular flexibility index (Phi) is 5.64. The SMILES string of the molecule is CC(C)c1nc(C(=O)/C=C/c2ccc3cnccc3c2)cs1.Cl. The normalized spacial score (nSPS) is 11.1. The molecule has 1 aromatic carbocycles. The number of rotatable bonds is 4. The first-order valence-corrected chi connectivity index (χ1v) is 8.03. The predicted octanol–water partition coefficient (Wildman–Crippen LogP) is 5.13. The minimum absolute atomic E-state index is 0. The van der Waals surface area contributed by atoms with Crippen molar-refractivity contribution in [2.45, 2.75) is 19.8 Å². The fourth-order valence-corrected chi connectivity index (χ4v) is 2.95. The summed E-state index contributed by atoms with van der Waals surface area (Å²) in [7, 11) is 0. The predicted molar refractivity (Wildman–Crippen MR) is 98.6 cm³/mol. The van der Waals surface area contributed by atoms with Crippen LogP contribution in [0.3, 0.4) is 0 Å². The molecule has 0 aliphatic heterocycles. The Balaban J connectivity index is 0.00000192.